The second kappa shape index (κ2) is 8.29. The van der Waals surface area contributed by atoms with Crippen LogP contribution in [-0.4, -0.2) is 29.4 Å². The van der Waals surface area contributed by atoms with Crippen LogP contribution in [0.2, 0.25) is 0 Å². The van der Waals surface area contributed by atoms with E-state index in [-0.39, 0.29) is 0 Å². The van der Waals surface area contributed by atoms with Crippen LogP contribution in [0.15, 0.2) is 5.03 Å². The Morgan fingerprint density at radius 1 is 1.39 bits per heavy atom. The molecule has 0 aliphatic heterocycles. The van der Waals surface area contributed by atoms with Crippen molar-refractivity contribution >= 4 is 17.6 Å². The van der Waals surface area contributed by atoms with Crippen LogP contribution in [0.4, 0.5) is 5.82 Å². The molecule has 1 rings (SSSR count). The minimum atomic E-state index is 0.725. The topological polar surface area (TPSA) is 73.1 Å². The third kappa shape index (κ3) is 4.44. The number of nitrogens with zero attached hydrogens (tertiary/aromatic N) is 2. The van der Waals surface area contributed by atoms with Gasteiger partial charge in [0.05, 0.1) is 0 Å². The molecule has 6 heteroatoms. The predicted molar refractivity (Wildman–Crippen MR) is 75.8 cm³/mol. The first-order valence-electron chi connectivity index (χ1n) is 6.18. The van der Waals surface area contributed by atoms with E-state index in [4.69, 9.17) is 10.6 Å². The van der Waals surface area contributed by atoms with E-state index in [1.807, 2.05) is 6.92 Å². The molecule has 0 unspecified atom stereocenters. The van der Waals surface area contributed by atoms with Gasteiger partial charge < -0.3 is 10.2 Å². The van der Waals surface area contributed by atoms with E-state index >= 15 is 0 Å². The fourth-order valence-electron chi connectivity index (χ4n) is 1.53. The van der Waals surface area contributed by atoms with Crippen LogP contribution in [-0.2, 0) is 11.2 Å². The molecule has 0 fully saturated rings. The van der Waals surface area contributed by atoms with Gasteiger partial charge in [0, 0.05) is 31.5 Å². The Morgan fingerprint density at radius 2 is 2.17 bits per heavy atom. The normalized spacial score (nSPS) is 10.7. The lowest BCUT2D eigenvalue weighted by atomic mass is 10.3. The smallest absolute Gasteiger partial charge is 0.147 e. The molecule has 0 bridgehead atoms. The highest BCUT2D eigenvalue weighted by Crippen LogP contribution is 2.25. The zero-order valence-corrected chi connectivity index (χ0v) is 12.1. The van der Waals surface area contributed by atoms with Gasteiger partial charge in [-0.25, -0.2) is 15.8 Å². The largest absolute Gasteiger partial charge is 0.385 e. The quantitative estimate of drug-likeness (QED) is 0.248. The van der Waals surface area contributed by atoms with E-state index in [1.165, 1.54) is 0 Å². The maximum Gasteiger partial charge on any atom is 0.147 e. The van der Waals surface area contributed by atoms with Crippen molar-refractivity contribution in [3.8, 4) is 0 Å². The molecule has 0 aromatic carbocycles. The zero-order chi connectivity index (χ0) is 13.4. The Hall–Kier alpha value is -0.850. The maximum absolute atomic E-state index is 5.49. The van der Waals surface area contributed by atoms with Gasteiger partial charge in [-0.2, -0.15) is 0 Å². The Labute approximate surface area is 113 Å². The monoisotopic (exact) mass is 270 g/mol. The van der Waals surface area contributed by atoms with Gasteiger partial charge in [0.2, 0.25) is 0 Å². The molecule has 1 aromatic rings. The van der Waals surface area contributed by atoms with E-state index in [0.29, 0.717) is 0 Å². The van der Waals surface area contributed by atoms with Crippen LogP contribution in [0.3, 0.4) is 0 Å². The first-order chi connectivity index (χ1) is 8.72. The van der Waals surface area contributed by atoms with Crippen molar-refractivity contribution in [3.05, 3.63) is 11.4 Å². The lowest BCUT2D eigenvalue weighted by Gasteiger charge is -2.11. The third-order valence-electron chi connectivity index (χ3n) is 2.49. The van der Waals surface area contributed by atoms with Crippen molar-refractivity contribution in [1.29, 1.82) is 0 Å². The third-order valence-corrected chi connectivity index (χ3v) is 3.65. The summed E-state index contributed by atoms with van der Waals surface area (Å²) < 4.78 is 5.04. The van der Waals surface area contributed by atoms with Crippen LogP contribution in [0, 0.1) is 6.92 Å². The average molecular weight is 270 g/mol. The van der Waals surface area contributed by atoms with Crippen LogP contribution in [0.5, 0.6) is 0 Å². The highest BCUT2D eigenvalue weighted by molar-refractivity contribution is 7.99. The van der Waals surface area contributed by atoms with Gasteiger partial charge >= 0.3 is 0 Å². The van der Waals surface area contributed by atoms with E-state index < -0.39 is 0 Å². The molecule has 3 N–H and O–H groups in total. The number of aromatic nitrogens is 2. The first-order valence-corrected chi connectivity index (χ1v) is 7.17. The number of methoxy groups -OCH3 is 1. The fraction of sp³-hybridized carbons (Fsp3) is 0.667. The van der Waals surface area contributed by atoms with E-state index in [1.54, 1.807) is 18.9 Å². The molecule has 0 aliphatic carbocycles. The van der Waals surface area contributed by atoms with Crippen molar-refractivity contribution in [2.24, 2.45) is 5.84 Å². The Bertz CT molecular complexity index is 373. The number of hydrogen-bond acceptors (Lipinski definition) is 6. The number of thioether (sulfide) groups is 1. The van der Waals surface area contributed by atoms with E-state index in [2.05, 4.69) is 22.3 Å². The lowest BCUT2D eigenvalue weighted by molar-refractivity contribution is 0.200. The molecule has 0 saturated carbocycles. The standard InChI is InChI=1S/C12H22N4OS/c1-4-6-10-14-11(16-13)9(2)12(15-10)18-8-5-7-17-3/h4-8,13H2,1-3H3,(H,14,15,16). The summed E-state index contributed by atoms with van der Waals surface area (Å²) in [5.74, 6) is 8.06. The van der Waals surface area contributed by atoms with Gasteiger partial charge in [-0.15, -0.1) is 11.8 Å². The Kier molecular flexibility index (Phi) is 7.00. The average Bonchev–Trinajstić information content (AvgIpc) is 2.38. The van der Waals surface area contributed by atoms with Crippen LogP contribution in [0.25, 0.3) is 0 Å². The summed E-state index contributed by atoms with van der Waals surface area (Å²) in [6, 6.07) is 0. The summed E-state index contributed by atoms with van der Waals surface area (Å²) >= 11 is 1.73. The van der Waals surface area contributed by atoms with Gasteiger partial charge in [0.15, 0.2) is 0 Å². The van der Waals surface area contributed by atoms with E-state index in [0.717, 1.165) is 53.9 Å². The number of hydrogen-bond donors (Lipinski definition) is 2. The summed E-state index contributed by atoms with van der Waals surface area (Å²) in [6.45, 7) is 4.88. The van der Waals surface area contributed by atoms with Gasteiger partial charge in [0.1, 0.15) is 16.7 Å². The summed E-state index contributed by atoms with van der Waals surface area (Å²) in [6.07, 6.45) is 2.92. The summed E-state index contributed by atoms with van der Waals surface area (Å²) in [5, 5.41) is 1.01. The molecule has 18 heavy (non-hydrogen) atoms. The molecule has 1 heterocycles. The van der Waals surface area contributed by atoms with Crippen LogP contribution >= 0.6 is 11.8 Å². The highest BCUT2D eigenvalue weighted by atomic mass is 32.2. The summed E-state index contributed by atoms with van der Waals surface area (Å²) in [4.78, 5) is 8.98. The highest BCUT2D eigenvalue weighted by Gasteiger charge is 2.10. The second-order valence-corrected chi connectivity index (χ2v) is 5.09. The molecule has 0 radical (unpaired) electrons. The molecule has 0 aliphatic rings. The number of rotatable bonds is 8. The van der Waals surface area contributed by atoms with Gasteiger partial charge in [-0.05, 0) is 19.8 Å². The molecular formula is C12H22N4OS. The molecule has 0 atom stereocenters. The first kappa shape index (κ1) is 15.2. The molecule has 5 nitrogen and oxygen atoms in total. The number of anilines is 1. The predicted octanol–water partition coefficient (Wildman–Crippen LogP) is 2.15. The minimum Gasteiger partial charge on any atom is -0.385 e. The molecule has 0 amide bonds. The number of hydrazine groups is 1. The maximum atomic E-state index is 5.49. The van der Waals surface area contributed by atoms with Crippen molar-refractivity contribution < 1.29 is 4.74 Å². The lowest BCUT2D eigenvalue weighted by Crippen LogP contribution is -2.13. The minimum absolute atomic E-state index is 0.725. The molecule has 0 spiro atoms. The van der Waals surface area contributed by atoms with Crippen LogP contribution in [0.1, 0.15) is 31.2 Å². The SMILES string of the molecule is CCCc1nc(NN)c(C)c(SCCCOC)n1. The van der Waals surface area contributed by atoms with E-state index in [9.17, 15) is 0 Å². The number of nitrogens with two attached hydrogens (primary N) is 1. The Balaban J connectivity index is 2.77. The van der Waals surface area contributed by atoms with Crippen molar-refractivity contribution in [2.45, 2.75) is 38.1 Å². The van der Waals surface area contributed by atoms with Gasteiger partial charge in [0.25, 0.3) is 0 Å². The zero-order valence-electron chi connectivity index (χ0n) is 11.3. The number of nitrogens with one attached hydrogen (secondary N) is 1. The van der Waals surface area contributed by atoms with Gasteiger partial charge in [-0.3, -0.25) is 0 Å². The molecule has 102 valence electrons. The van der Waals surface area contributed by atoms with Crippen LogP contribution < -0.4 is 11.3 Å². The Morgan fingerprint density at radius 3 is 2.78 bits per heavy atom. The second-order valence-electron chi connectivity index (χ2n) is 4.01. The van der Waals surface area contributed by atoms with Crippen molar-refractivity contribution in [2.75, 3.05) is 24.9 Å². The molecule has 1 aromatic heterocycles. The number of aryl methyl sites for hydroxylation is 1. The van der Waals surface area contributed by atoms with Crippen molar-refractivity contribution in [3.63, 3.8) is 0 Å². The molecular weight excluding hydrogens is 248 g/mol. The number of nitrogen functional groups attached to an aromatic ring is 1. The summed E-state index contributed by atoms with van der Waals surface area (Å²) in [5.41, 5.74) is 3.66. The van der Waals surface area contributed by atoms with Gasteiger partial charge in [-0.1, -0.05) is 6.92 Å². The number of ether oxygens (including phenoxy) is 1. The fourth-order valence-corrected chi connectivity index (χ4v) is 2.47. The van der Waals surface area contributed by atoms with Crippen molar-refractivity contribution in [1.82, 2.24) is 9.97 Å². The molecule has 0 saturated heterocycles. The summed E-state index contributed by atoms with van der Waals surface area (Å²) in [7, 11) is 1.72.